The minimum Gasteiger partial charge on any atom is -0.314 e. The van der Waals surface area contributed by atoms with Crippen molar-refractivity contribution in [2.45, 2.75) is 6.18 Å². The quantitative estimate of drug-likeness (QED) is 0.603. The highest BCUT2D eigenvalue weighted by atomic mass is 35.5. The van der Waals surface area contributed by atoms with Gasteiger partial charge in [0.05, 0.1) is 5.92 Å². The van der Waals surface area contributed by atoms with E-state index in [9.17, 15) is 13.2 Å². The number of nitrogens with zero attached hydrogens (tertiary/aromatic N) is 1. The van der Waals surface area contributed by atoms with E-state index in [0.717, 1.165) is 0 Å². The van der Waals surface area contributed by atoms with Gasteiger partial charge in [-0.1, -0.05) is 0 Å². The van der Waals surface area contributed by atoms with Crippen LogP contribution in [0.1, 0.15) is 0 Å². The highest BCUT2D eigenvalue weighted by molar-refractivity contribution is 5.85. The highest BCUT2D eigenvalue weighted by Crippen LogP contribution is 2.31. The molecule has 0 aromatic heterocycles. The predicted molar refractivity (Wildman–Crippen MR) is 30.2 cm³/mol. The molecule has 0 aliphatic carbocycles. The average Bonchev–Trinajstić information content (AvgIpc) is 1.55. The van der Waals surface area contributed by atoms with Gasteiger partial charge in [-0.25, -0.2) is 0 Å². The topological polar surface area (TPSA) is 23.5 Å². The van der Waals surface area contributed by atoms with Gasteiger partial charge in [0.1, 0.15) is 0 Å². The van der Waals surface area contributed by atoms with E-state index in [4.69, 9.17) is 5.21 Å². The second-order valence-electron chi connectivity index (χ2n) is 2.11. The lowest BCUT2D eigenvalue weighted by Gasteiger charge is -2.34. The van der Waals surface area contributed by atoms with Crippen LogP contribution in [0.5, 0.6) is 0 Å². The molecule has 0 amide bonds. The van der Waals surface area contributed by atoms with Gasteiger partial charge < -0.3 is 5.21 Å². The zero-order chi connectivity index (χ0) is 7.07. The van der Waals surface area contributed by atoms with Gasteiger partial charge in [0.25, 0.3) is 0 Å². The number of hydrogen-bond donors (Lipinski definition) is 1. The predicted octanol–water partition coefficient (Wildman–Crippen LogP) is 1.29. The van der Waals surface area contributed by atoms with Gasteiger partial charge in [-0.3, -0.25) is 0 Å². The Morgan fingerprint density at radius 3 is 1.80 bits per heavy atom. The summed E-state index contributed by atoms with van der Waals surface area (Å²) in [5, 5.41) is 8.97. The van der Waals surface area contributed by atoms with E-state index < -0.39 is 12.1 Å². The maximum atomic E-state index is 11.5. The molecule has 1 aliphatic heterocycles. The molecule has 0 atom stereocenters. The van der Waals surface area contributed by atoms with Crippen LogP contribution in [-0.2, 0) is 0 Å². The summed E-state index contributed by atoms with van der Waals surface area (Å²) in [6, 6.07) is 0. The number of alkyl halides is 3. The Balaban J connectivity index is 0.000000810. The monoisotopic (exact) mass is 177 g/mol. The van der Waals surface area contributed by atoms with E-state index in [0.29, 0.717) is 5.06 Å². The Morgan fingerprint density at radius 2 is 1.70 bits per heavy atom. The maximum absolute atomic E-state index is 11.5. The van der Waals surface area contributed by atoms with Crippen molar-refractivity contribution in [1.82, 2.24) is 5.06 Å². The zero-order valence-electron chi connectivity index (χ0n) is 4.93. The van der Waals surface area contributed by atoms with Gasteiger partial charge in [0.15, 0.2) is 0 Å². The molecule has 1 rings (SSSR count). The normalized spacial score (nSPS) is 21.6. The molecule has 2 nitrogen and oxygen atoms in total. The van der Waals surface area contributed by atoms with E-state index in [1.54, 1.807) is 0 Å². The highest BCUT2D eigenvalue weighted by Gasteiger charge is 2.46. The van der Waals surface area contributed by atoms with E-state index in [2.05, 4.69) is 0 Å². The first-order valence-corrected chi connectivity index (χ1v) is 2.50. The standard InChI is InChI=1S/C4H6F3NO.ClH/c5-4(6,7)3-1-8(9)2-3;/h3,9H,1-2H2;1H. The Hall–Kier alpha value is -0.0000000000000000555. The number of hydrogen-bond acceptors (Lipinski definition) is 2. The van der Waals surface area contributed by atoms with Crippen molar-refractivity contribution >= 4 is 12.4 Å². The van der Waals surface area contributed by atoms with Gasteiger partial charge in [-0.05, 0) is 0 Å². The Labute approximate surface area is 62.0 Å². The SMILES string of the molecule is Cl.ON1CC(C(F)(F)F)C1. The molecule has 6 heteroatoms. The maximum Gasteiger partial charge on any atom is 0.394 e. The van der Waals surface area contributed by atoms with Crippen LogP contribution in [-0.4, -0.2) is 29.5 Å². The van der Waals surface area contributed by atoms with E-state index >= 15 is 0 Å². The molecule has 0 aromatic carbocycles. The summed E-state index contributed by atoms with van der Waals surface area (Å²) in [5.41, 5.74) is 0. The van der Waals surface area contributed by atoms with Crippen molar-refractivity contribution in [3.8, 4) is 0 Å². The number of hydroxylamine groups is 2. The lowest BCUT2D eigenvalue weighted by Crippen LogP contribution is -2.51. The second-order valence-corrected chi connectivity index (χ2v) is 2.11. The molecule has 1 N–H and O–H groups in total. The molecular weight excluding hydrogens is 170 g/mol. The van der Waals surface area contributed by atoms with Crippen molar-refractivity contribution in [3.05, 3.63) is 0 Å². The van der Waals surface area contributed by atoms with Crippen molar-refractivity contribution in [2.75, 3.05) is 13.1 Å². The molecule has 1 aliphatic rings. The van der Waals surface area contributed by atoms with Crippen molar-refractivity contribution in [2.24, 2.45) is 5.92 Å². The van der Waals surface area contributed by atoms with E-state index in [1.165, 1.54) is 0 Å². The third-order valence-electron chi connectivity index (χ3n) is 1.33. The van der Waals surface area contributed by atoms with Crippen LogP contribution < -0.4 is 0 Å². The van der Waals surface area contributed by atoms with Gasteiger partial charge in [0.2, 0.25) is 0 Å². The lowest BCUT2D eigenvalue weighted by molar-refractivity contribution is -0.268. The number of halogens is 4. The summed E-state index contributed by atoms with van der Waals surface area (Å²) in [7, 11) is 0. The fraction of sp³-hybridized carbons (Fsp3) is 1.00. The molecule has 10 heavy (non-hydrogen) atoms. The van der Waals surface area contributed by atoms with Gasteiger partial charge in [0, 0.05) is 13.1 Å². The lowest BCUT2D eigenvalue weighted by atomic mass is 10.0. The van der Waals surface area contributed by atoms with E-state index in [-0.39, 0.29) is 25.5 Å². The molecule has 0 bridgehead atoms. The molecule has 62 valence electrons. The van der Waals surface area contributed by atoms with Gasteiger partial charge >= 0.3 is 6.18 Å². The van der Waals surface area contributed by atoms with Crippen LogP contribution >= 0.6 is 12.4 Å². The zero-order valence-corrected chi connectivity index (χ0v) is 5.74. The van der Waals surface area contributed by atoms with Crippen LogP contribution in [0, 0.1) is 5.92 Å². The summed E-state index contributed by atoms with van der Waals surface area (Å²) < 4.78 is 34.6. The van der Waals surface area contributed by atoms with Crippen LogP contribution in [0.4, 0.5) is 13.2 Å². The van der Waals surface area contributed by atoms with Crippen molar-refractivity contribution in [3.63, 3.8) is 0 Å². The molecule has 1 saturated heterocycles. The second kappa shape index (κ2) is 2.94. The largest absolute Gasteiger partial charge is 0.394 e. The smallest absolute Gasteiger partial charge is 0.314 e. The van der Waals surface area contributed by atoms with E-state index in [1.807, 2.05) is 0 Å². The first-order valence-electron chi connectivity index (χ1n) is 2.50. The summed E-state index contributed by atoms with van der Waals surface area (Å²) in [6.07, 6.45) is -4.13. The van der Waals surface area contributed by atoms with Crippen molar-refractivity contribution < 1.29 is 18.4 Å². The Bertz CT molecular complexity index is 112. The summed E-state index contributed by atoms with van der Waals surface area (Å²) in [5.74, 6) is -1.32. The number of rotatable bonds is 0. The molecule has 0 spiro atoms. The third-order valence-corrected chi connectivity index (χ3v) is 1.33. The van der Waals surface area contributed by atoms with Gasteiger partial charge in [-0.15, -0.1) is 12.4 Å². The van der Waals surface area contributed by atoms with Crippen LogP contribution in [0.25, 0.3) is 0 Å². The average molecular weight is 178 g/mol. The first-order chi connectivity index (χ1) is 4.00. The molecule has 0 saturated carbocycles. The van der Waals surface area contributed by atoms with Crippen LogP contribution in [0.3, 0.4) is 0 Å². The Morgan fingerprint density at radius 1 is 1.30 bits per heavy atom. The summed E-state index contributed by atoms with van der Waals surface area (Å²) in [6.45, 7) is -0.549. The van der Waals surface area contributed by atoms with Crippen LogP contribution in [0.15, 0.2) is 0 Å². The molecular formula is C4H7ClF3NO. The molecule has 0 unspecified atom stereocenters. The first kappa shape index (κ1) is 10.0. The van der Waals surface area contributed by atoms with Crippen molar-refractivity contribution in [1.29, 1.82) is 0 Å². The fourth-order valence-corrected chi connectivity index (χ4v) is 0.662. The molecule has 0 radical (unpaired) electrons. The van der Waals surface area contributed by atoms with Gasteiger partial charge in [-0.2, -0.15) is 18.2 Å². The summed E-state index contributed by atoms with van der Waals surface area (Å²) in [4.78, 5) is 0. The van der Waals surface area contributed by atoms with Crippen LogP contribution in [0.2, 0.25) is 0 Å². The molecule has 0 aromatic rings. The minimum atomic E-state index is -4.13. The molecule has 1 heterocycles. The fourth-order valence-electron chi connectivity index (χ4n) is 0.662. The third kappa shape index (κ3) is 2.00. The summed E-state index contributed by atoms with van der Waals surface area (Å²) >= 11 is 0. The Kier molecular flexibility index (Phi) is 2.94. The minimum absolute atomic E-state index is 0. The molecule has 1 fully saturated rings.